The average molecular weight is 256 g/mol. The van der Waals surface area contributed by atoms with Gasteiger partial charge in [0.25, 0.3) is 0 Å². The molecule has 0 heterocycles. The first-order valence-electron chi connectivity index (χ1n) is 6.24. The van der Waals surface area contributed by atoms with Gasteiger partial charge in [0, 0.05) is 13.0 Å². The highest BCUT2D eigenvalue weighted by atomic mass is 19.1. The van der Waals surface area contributed by atoms with E-state index in [2.05, 4.69) is 0 Å². The molecule has 3 nitrogen and oxygen atoms in total. The molecular formula is C14H21FO3. The molecular weight excluding hydrogens is 235 g/mol. The maximum absolute atomic E-state index is 13.5. The second-order valence-corrected chi connectivity index (χ2v) is 4.14. The number of rotatable bonds is 7. The van der Waals surface area contributed by atoms with Crippen molar-refractivity contribution in [2.45, 2.75) is 38.9 Å². The number of aliphatic hydroxyl groups excluding tert-OH is 1. The molecule has 18 heavy (non-hydrogen) atoms. The largest absolute Gasteiger partial charge is 0.494 e. The van der Waals surface area contributed by atoms with Gasteiger partial charge in [-0.05, 0) is 31.0 Å². The minimum absolute atomic E-state index is 0.208. The summed E-state index contributed by atoms with van der Waals surface area (Å²) in [4.78, 5) is 0. The van der Waals surface area contributed by atoms with Crippen LogP contribution in [-0.2, 0) is 11.2 Å². The second-order valence-electron chi connectivity index (χ2n) is 4.14. The van der Waals surface area contributed by atoms with Crippen LogP contribution in [0.15, 0.2) is 18.2 Å². The topological polar surface area (TPSA) is 38.7 Å². The van der Waals surface area contributed by atoms with Gasteiger partial charge < -0.3 is 14.6 Å². The zero-order chi connectivity index (χ0) is 13.5. The van der Waals surface area contributed by atoms with Gasteiger partial charge in [0.05, 0.1) is 19.3 Å². The van der Waals surface area contributed by atoms with Crippen LogP contribution in [0, 0.1) is 5.82 Å². The van der Waals surface area contributed by atoms with Gasteiger partial charge >= 0.3 is 0 Å². The highest BCUT2D eigenvalue weighted by Gasteiger charge is 2.18. The van der Waals surface area contributed by atoms with Gasteiger partial charge in [-0.25, -0.2) is 4.39 Å². The Hall–Kier alpha value is -1.13. The summed E-state index contributed by atoms with van der Waals surface area (Å²) in [5.41, 5.74) is 0.735. The molecule has 4 heteroatoms. The lowest BCUT2D eigenvalue weighted by Crippen LogP contribution is -2.30. The molecule has 0 saturated heterocycles. The van der Waals surface area contributed by atoms with E-state index in [1.807, 2.05) is 13.8 Å². The lowest BCUT2D eigenvalue weighted by atomic mass is 10.0. The molecule has 0 saturated carbocycles. The molecule has 0 fully saturated rings. The van der Waals surface area contributed by atoms with Gasteiger partial charge in [-0.2, -0.15) is 0 Å². The Balaban J connectivity index is 2.68. The lowest BCUT2D eigenvalue weighted by molar-refractivity contribution is -0.0335. The molecule has 0 bridgehead atoms. The lowest BCUT2D eigenvalue weighted by Gasteiger charge is -2.21. The van der Waals surface area contributed by atoms with Gasteiger partial charge in [-0.1, -0.05) is 13.0 Å². The third-order valence-corrected chi connectivity index (χ3v) is 2.87. The summed E-state index contributed by atoms with van der Waals surface area (Å²) in [6.07, 6.45) is 0.274. The van der Waals surface area contributed by atoms with E-state index in [-0.39, 0.29) is 11.9 Å². The van der Waals surface area contributed by atoms with Gasteiger partial charge in [0.2, 0.25) is 0 Å². The molecule has 0 aliphatic carbocycles. The molecule has 1 aromatic carbocycles. The third kappa shape index (κ3) is 3.96. The number of methoxy groups -OCH3 is 1. The Morgan fingerprint density at radius 3 is 2.56 bits per heavy atom. The Morgan fingerprint density at radius 1 is 1.33 bits per heavy atom. The van der Waals surface area contributed by atoms with Crippen molar-refractivity contribution in [1.29, 1.82) is 0 Å². The number of hydrogen-bond acceptors (Lipinski definition) is 3. The summed E-state index contributed by atoms with van der Waals surface area (Å²) in [6, 6.07) is 4.71. The number of halogens is 1. The van der Waals surface area contributed by atoms with E-state index in [0.29, 0.717) is 13.0 Å². The van der Waals surface area contributed by atoms with Crippen LogP contribution in [0.2, 0.25) is 0 Å². The quantitative estimate of drug-likeness (QED) is 0.815. The summed E-state index contributed by atoms with van der Waals surface area (Å²) in [5, 5.41) is 10.0. The Morgan fingerprint density at radius 2 is 2.06 bits per heavy atom. The monoisotopic (exact) mass is 256 g/mol. The number of hydrogen-bond donors (Lipinski definition) is 1. The maximum Gasteiger partial charge on any atom is 0.165 e. The van der Waals surface area contributed by atoms with Crippen LogP contribution in [0.25, 0.3) is 0 Å². The molecule has 0 aliphatic heterocycles. The van der Waals surface area contributed by atoms with Gasteiger partial charge in [-0.15, -0.1) is 0 Å². The Labute approximate surface area is 108 Å². The van der Waals surface area contributed by atoms with E-state index in [4.69, 9.17) is 9.47 Å². The van der Waals surface area contributed by atoms with Crippen LogP contribution in [0.5, 0.6) is 5.75 Å². The van der Waals surface area contributed by atoms with Gasteiger partial charge in [0.1, 0.15) is 0 Å². The fourth-order valence-corrected chi connectivity index (χ4v) is 1.92. The first-order valence-corrected chi connectivity index (χ1v) is 6.24. The Bertz CT molecular complexity index is 368. The Kier molecular flexibility index (Phi) is 6.09. The first kappa shape index (κ1) is 14.9. The van der Waals surface area contributed by atoms with Crippen LogP contribution in [0.4, 0.5) is 4.39 Å². The predicted molar refractivity (Wildman–Crippen MR) is 68.4 cm³/mol. The van der Waals surface area contributed by atoms with Crippen molar-refractivity contribution in [3.63, 3.8) is 0 Å². The van der Waals surface area contributed by atoms with E-state index < -0.39 is 11.9 Å². The van der Waals surface area contributed by atoms with Crippen molar-refractivity contribution in [2.24, 2.45) is 0 Å². The fourth-order valence-electron chi connectivity index (χ4n) is 1.92. The minimum atomic E-state index is -0.622. The molecule has 102 valence electrons. The van der Waals surface area contributed by atoms with Crippen LogP contribution in [-0.4, -0.2) is 31.0 Å². The van der Waals surface area contributed by atoms with Crippen molar-refractivity contribution in [2.75, 3.05) is 13.7 Å². The summed E-state index contributed by atoms with van der Waals surface area (Å²) >= 11 is 0. The number of ether oxygens (including phenoxy) is 2. The smallest absolute Gasteiger partial charge is 0.165 e. The van der Waals surface area contributed by atoms with E-state index >= 15 is 0 Å². The van der Waals surface area contributed by atoms with Crippen LogP contribution < -0.4 is 4.74 Å². The molecule has 1 N–H and O–H groups in total. The molecule has 1 rings (SSSR count). The number of aliphatic hydroxyl groups is 1. The third-order valence-electron chi connectivity index (χ3n) is 2.87. The molecule has 0 aromatic heterocycles. The maximum atomic E-state index is 13.5. The molecule has 1 aromatic rings. The van der Waals surface area contributed by atoms with E-state index in [1.165, 1.54) is 13.2 Å². The molecule has 0 spiro atoms. The van der Waals surface area contributed by atoms with Crippen molar-refractivity contribution >= 4 is 0 Å². The molecule has 0 radical (unpaired) electrons. The zero-order valence-corrected chi connectivity index (χ0v) is 11.1. The van der Waals surface area contributed by atoms with Crippen LogP contribution in [0.3, 0.4) is 0 Å². The van der Waals surface area contributed by atoms with Gasteiger partial charge in [0.15, 0.2) is 11.6 Å². The summed E-state index contributed by atoms with van der Waals surface area (Å²) < 4.78 is 23.8. The standard InChI is InChI=1S/C14H21FO3/c1-4-13(18-5-2)12(16)9-10-6-7-14(17-3)11(15)8-10/h6-8,12-13,16H,4-5,9H2,1-3H3. The fraction of sp³-hybridized carbons (Fsp3) is 0.571. The molecule has 2 unspecified atom stereocenters. The SMILES string of the molecule is CCOC(CC)C(O)Cc1ccc(OC)c(F)c1. The van der Waals surface area contributed by atoms with E-state index in [9.17, 15) is 9.50 Å². The average Bonchev–Trinajstić information content (AvgIpc) is 2.36. The zero-order valence-electron chi connectivity index (χ0n) is 11.1. The van der Waals surface area contributed by atoms with Crippen molar-refractivity contribution in [3.05, 3.63) is 29.6 Å². The molecule has 2 atom stereocenters. The molecule has 0 aliphatic rings. The van der Waals surface area contributed by atoms with Crippen molar-refractivity contribution < 1.29 is 19.0 Å². The minimum Gasteiger partial charge on any atom is -0.494 e. The van der Waals surface area contributed by atoms with E-state index in [0.717, 1.165) is 12.0 Å². The van der Waals surface area contributed by atoms with Crippen LogP contribution in [0.1, 0.15) is 25.8 Å². The highest BCUT2D eigenvalue weighted by Crippen LogP contribution is 2.19. The van der Waals surface area contributed by atoms with Gasteiger partial charge in [-0.3, -0.25) is 0 Å². The van der Waals surface area contributed by atoms with Crippen molar-refractivity contribution in [1.82, 2.24) is 0 Å². The molecule has 0 amide bonds. The summed E-state index contributed by atoms with van der Waals surface area (Å²) in [7, 11) is 1.43. The first-order chi connectivity index (χ1) is 8.62. The normalized spacial score (nSPS) is 14.3. The second kappa shape index (κ2) is 7.34. The van der Waals surface area contributed by atoms with E-state index in [1.54, 1.807) is 12.1 Å². The number of benzene rings is 1. The van der Waals surface area contributed by atoms with Crippen molar-refractivity contribution in [3.8, 4) is 5.75 Å². The highest BCUT2D eigenvalue weighted by molar-refractivity contribution is 5.29. The predicted octanol–water partition coefficient (Wildman–Crippen LogP) is 2.55. The summed E-state index contributed by atoms with van der Waals surface area (Å²) in [5.74, 6) is -0.197. The summed E-state index contributed by atoms with van der Waals surface area (Å²) in [6.45, 7) is 4.41. The van der Waals surface area contributed by atoms with Crippen LogP contribution >= 0.6 is 0 Å².